The number of ether oxygens (including phenoxy) is 1. The van der Waals surface area contributed by atoms with Crippen LogP contribution in [-0.2, 0) is 22.1 Å². The number of nitrogens with zero attached hydrogens (tertiary/aromatic N) is 2. The molecule has 0 saturated heterocycles. The number of carbonyl (C=O) groups is 1. The van der Waals surface area contributed by atoms with E-state index < -0.39 is 16.8 Å². The lowest BCUT2D eigenvalue weighted by atomic mass is 9.89. The maximum absolute atomic E-state index is 11.9. The van der Waals surface area contributed by atoms with Gasteiger partial charge in [0.2, 0.25) is 0 Å². The van der Waals surface area contributed by atoms with E-state index in [2.05, 4.69) is 5.10 Å². The van der Waals surface area contributed by atoms with Gasteiger partial charge >= 0.3 is 5.97 Å². The maximum atomic E-state index is 11.9. The van der Waals surface area contributed by atoms with Gasteiger partial charge in [0.1, 0.15) is 0 Å². The van der Waals surface area contributed by atoms with E-state index in [1.165, 1.54) is 39.2 Å². The Morgan fingerprint density at radius 3 is 2.52 bits per heavy atom. The van der Waals surface area contributed by atoms with E-state index in [-0.39, 0.29) is 0 Å². The minimum atomic E-state index is -1.00. The van der Waals surface area contributed by atoms with Crippen molar-refractivity contribution in [1.29, 1.82) is 0 Å². The Hall–Kier alpha value is -1.95. The summed E-state index contributed by atoms with van der Waals surface area (Å²) in [7, 11) is 0.364. The van der Waals surface area contributed by atoms with Gasteiger partial charge < -0.3 is 4.74 Å². The van der Waals surface area contributed by atoms with Crippen molar-refractivity contribution >= 4 is 16.8 Å². The van der Waals surface area contributed by atoms with Crippen molar-refractivity contribution < 1.29 is 13.7 Å². The van der Waals surface area contributed by atoms with Crippen LogP contribution >= 0.6 is 0 Å². The molecule has 2 aromatic rings. The number of hydrogen-bond acceptors (Lipinski definition) is 4. The van der Waals surface area contributed by atoms with Crippen LogP contribution in [0.15, 0.2) is 35.2 Å². The Morgan fingerprint density at radius 2 is 1.92 bits per heavy atom. The van der Waals surface area contributed by atoms with E-state index in [9.17, 15) is 9.00 Å². The standard InChI is InChI=1S/C19H24N2O3S/c1-24-19(22)17-12-18(15-8-10-16(11-9-15)25(2)23)21(20-17)13-14-6-4-3-5-7-14/h8-12,14H,3-7,13H2,1-2H3. The third kappa shape index (κ3) is 4.18. The predicted molar refractivity (Wildman–Crippen MR) is 97.9 cm³/mol. The Balaban J connectivity index is 1.93. The summed E-state index contributed by atoms with van der Waals surface area (Å²) in [5.41, 5.74) is 2.20. The topological polar surface area (TPSA) is 61.2 Å². The van der Waals surface area contributed by atoms with E-state index >= 15 is 0 Å². The molecule has 3 rings (SSSR count). The summed E-state index contributed by atoms with van der Waals surface area (Å²) in [5, 5.41) is 4.49. The monoisotopic (exact) mass is 360 g/mol. The SMILES string of the molecule is COC(=O)c1cc(-c2ccc(S(C)=O)cc2)n(CC2CCCCC2)n1. The van der Waals surface area contributed by atoms with Crippen LogP contribution in [0.3, 0.4) is 0 Å². The molecule has 1 aliphatic carbocycles. The third-order valence-corrected chi connectivity index (χ3v) is 5.75. The van der Waals surface area contributed by atoms with Crippen molar-refractivity contribution in [3.05, 3.63) is 36.0 Å². The first-order chi connectivity index (χ1) is 12.1. The number of esters is 1. The zero-order valence-electron chi connectivity index (χ0n) is 14.7. The fourth-order valence-corrected chi connectivity index (χ4v) is 3.94. The average Bonchev–Trinajstić information content (AvgIpc) is 3.05. The van der Waals surface area contributed by atoms with E-state index in [0.29, 0.717) is 11.6 Å². The van der Waals surface area contributed by atoms with Crippen LogP contribution in [0.5, 0.6) is 0 Å². The molecule has 0 radical (unpaired) electrons. The quantitative estimate of drug-likeness (QED) is 0.764. The summed E-state index contributed by atoms with van der Waals surface area (Å²) in [6.07, 6.45) is 7.93. The molecule has 1 heterocycles. The highest BCUT2D eigenvalue weighted by atomic mass is 32.2. The third-order valence-electron chi connectivity index (χ3n) is 4.81. The molecule has 1 fully saturated rings. The van der Waals surface area contributed by atoms with Crippen LogP contribution in [-0.4, -0.2) is 33.3 Å². The van der Waals surface area contributed by atoms with Crippen molar-refractivity contribution in [1.82, 2.24) is 9.78 Å². The summed E-state index contributed by atoms with van der Waals surface area (Å²) in [4.78, 5) is 12.7. The van der Waals surface area contributed by atoms with Crippen LogP contribution in [0, 0.1) is 5.92 Å². The van der Waals surface area contributed by atoms with Gasteiger partial charge in [0, 0.05) is 28.5 Å². The first kappa shape index (κ1) is 17.9. The van der Waals surface area contributed by atoms with Gasteiger partial charge in [0.05, 0.1) is 12.8 Å². The summed E-state index contributed by atoms with van der Waals surface area (Å²) in [6.45, 7) is 0.813. The Kier molecular flexibility index (Phi) is 5.68. The number of benzene rings is 1. The van der Waals surface area contributed by atoms with Crippen LogP contribution < -0.4 is 0 Å². The first-order valence-corrected chi connectivity index (χ1v) is 10.2. The average molecular weight is 360 g/mol. The van der Waals surface area contributed by atoms with E-state index in [0.717, 1.165) is 22.7 Å². The van der Waals surface area contributed by atoms with Gasteiger partial charge in [-0.3, -0.25) is 8.89 Å². The molecule has 1 saturated carbocycles. The second-order valence-electron chi connectivity index (χ2n) is 6.57. The number of rotatable bonds is 5. The second kappa shape index (κ2) is 7.95. The van der Waals surface area contributed by atoms with Gasteiger partial charge in [-0.15, -0.1) is 0 Å². The smallest absolute Gasteiger partial charge is 0.358 e. The summed E-state index contributed by atoms with van der Waals surface area (Å²) >= 11 is 0. The van der Waals surface area contributed by atoms with Gasteiger partial charge in [0.25, 0.3) is 0 Å². The zero-order chi connectivity index (χ0) is 17.8. The molecule has 0 amide bonds. The summed E-state index contributed by atoms with van der Waals surface area (Å²) < 4.78 is 18.3. The molecule has 0 bridgehead atoms. The van der Waals surface area contributed by atoms with Crippen LogP contribution in [0.2, 0.25) is 0 Å². The van der Waals surface area contributed by atoms with Gasteiger partial charge in [-0.1, -0.05) is 31.4 Å². The van der Waals surface area contributed by atoms with Crippen LogP contribution in [0.4, 0.5) is 0 Å². The molecule has 25 heavy (non-hydrogen) atoms. The first-order valence-electron chi connectivity index (χ1n) is 8.68. The molecule has 1 aromatic heterocycles. The lowest BCUT2D eigenvalue weighted by Gasteiger charge is -2.22. The largest absolute Gasteiger partial charge is 0.464 e. The Bertz CT molecular complexity index is 761. The van der Waals surface area contributed by atoms with Gasteiger partial charge in [0.15, 0.2) is 5.69 Å². The van der Waals surface area contributed by atoms with Crippen molar-refractivity contribution in [2.24, 2.45) is 5.92 Å². The highest BCUT2D eigenvalue weighted by molar-refractivity contribution is 7.84. The summed E-state index contributed by atoms with van der Waals surface area (Å²) in [5.74, 6) is 0.176. The molecular weight excluding hydrogens is 336 g/mol. The predicted octanol–water partition coefficient (Wildman–Crippen LogP) is 3.65. The van der Waals surface area contributed by atoms with E-state index in [4.69, 9.17) is 4.74 Å². The van der Waals surface area contributed by atoms with Crippen LogP contribution in [0.1, 0.15) is 42.6 Å². The number of aromatic nitrogens is 2. The normalized spacial score (nSPS) is 16.6. The molecule has 0 aliphatic heterocycles. The summed E-state index contributed by atoms with van der Waals surface area (Å²) in [6, 6.07) is 9.38. The minimum Gasteiger partial charge on any atom is -0.464 e. The van der Waals surface area contributed by atoms with Crippen molar-refractivity contribution in [3.63, 3.8) is 0 Å². The molecule has 0 spiro atoms. The molecular formula is C19H24N2O3S. The van der Waals surface area contributed by atoms with Gasteiger partial charge in [-0.2, -0.15) is 5.10 Å². The lowest BCUT2D eigenvalue weighted by molar-refractivity contribution is 0.0592. The van der Waals surface area contributed by atoms with Gasteiger partial charge in [-0.05, 0) is 42.5 Å². The van der Waals surface area contributed by atoms with Crippen LogP contribution in [0.25, 0.3) is 11.3 Å². The molecule has 0 N–H and O–H groups in total. The number of methoxy groups -OCH3 is 1. The zero-order valence-corrected chi connectivity index (χ0v) is 15.6. The minimum absolute atomic E-state index is 0.330. The van der Waals surface area contributed by atoms with Crippen molar-refractivity contribution in [3.8, 4) is 11.3 Å². The lowest BCUT2D eigenvalue weighted by Crippen LogP contribution is -2.16. The molecule has 5 nitrogen and oxygen atoms in total. The molecule has 6 heteroatoms. The maximum Gasteiger partial charge on any atom is 0.358 e. The molecule has 1 aliphatic rings. The fourth-order valence-electron chi connectivity index (χ4n) is 3.42. The number of hydrogen-bond donors (Lipinski definition) is 0. The number of carbonyl (C=O) groups excluding carboxylic acids is 1. The molecule has 1 unspecified atom stereocenters. The van der Waals surface area contributed by atoms with Gasteiger partial charge in [-0.25, -0.2) is 4.79 Å². The second-order valence-corrected chi connectivity index (χ2v) is 7.95. The van der Waals surface area contributed by atoms with E-state index in [1.54, 1.807) is 12.3 Å². The van der Waals surface area contributed by atoms with Crippen molar-refractivity contribution in [2.75, 3.05) is 13.4 Å². The molecule has 1 aromatic carbocycles. The van der Waals surface area contributed by atoms with E-state index in [1.807, 2.05) is 28.9 Å². The fraction of sp³-hybridized carbons (Fsp3) is 0.474. The Labute approximate surface area is 150 Å². The molecule has 134 valence electrons. The van der Waals surface area contributed by atoms with Crippen molar-refractivity contribution in [2.45, 2.75) is 43.5 Å². The highest BCUT2D eigenvalue weighted by Gasteiger charge is 2.20. The highest BCUT2D eigenvalue weighted by Crippen LogP contribution is 2.28. The Morgan fingerprint density at radius 1 is 1.24 bits per heavy atom. The molecule has 1 atom stereocenters.